The Morgan fingerprint density at radius 1 is 1.27 bits per heavy atom. The molecule has 0 unspecified atom stereocenters. The third-order valence-corrected chi connectivity index (χ3v) is 2.07. The topological polar surface area (TPSA) is 66.8 Å². The van der Waals surface area contributed by atoms with Gasteiger partial charge in [-0.05, 0) is 0 Å². The van der Waals surface area contributed by atoms with Gasteiger partial charge in [0.2, 0.25) is 0 Å². The van der Waals surface area contributed by atoms with Crippen molar-refractivity contribution in [2.24, 2.45) is 0 Å². The van der Waals surface area contributed by atoms with Crippen LogP contribution in [0.3, 0.4) is 0 Å². The van der Waals surface area contributed by atoms with E-state index in [2.05, 4.69) is 10.6 Å². The van der Waals surface area contributed by atoms with Crippen LogP contribution < -0.4 is 0 Å². The summed E-state index contributed by atoms with van der Waals surface area (Å²) in [7, 11) is 0. The van der Waals surface area contributed by atoms with E-state index in [0.717, 1.165) is 25.7 Å². The maximum absolute atomic E-state index is 10.2. The Morgan fingerprint density at radius 3 is 2.36 bits per heavy atom. The molecule has 11 heavy (non-hydrogen) atoms. The van der Waals surface area contributed by atoms with Crippen LogP contribution in [0, 0.1) is 0 Å². The van der Waals surface area contributed by atoms with Crippen LogP contribution in [0.5, 0.6) is 0 Å². The zero-order valence-corrected chi connectivity index (χ0v) is 8.09. The second-order valence-corrected chi connectivity index (χ2v) is 4.32. The normalized spacial score (nSPS) is 11.9. The summed E-state index contributed by atoms with van der Waals surface area (Å²) in [6.07, 6.45) is 3.92. The first-order chi connectivity index (χ1) is 5.06. The molecule has 0 saturated heterocycles. The van der Waals surface area contributed by atoms with Crippen LogP contribution in [0.4, 0.5) is 0 Å². The van der Waals surface area contributed by atoms with Crippen LogP contribution in [0.2, 0.25) is 0 Å². The van der Waals surface area contributed by atoms with Crippen LogP contribution in [0.25, 0.3) is 0 Å². The van der Waals surface area contributed by atoms with Gasteiger partial charge in [-0.15, -0.1) is 0 Å². The first kappa shape index (κ1) is 11.3. The Hall–Kier alpha value is 0.264. The standard InChI is InChI=1S/C6H13O.2H2O.O.V/c1-2-3-4-5-6-7;;;;/h2-6H2,1H3;2*1H2;;/q-1;;;;+3/p-2. The molecule has 0 fully saturated rings. The number of rotatable bonds is 6. The SMILES string of the molecule is CCCCCC[O][V](=[O])([OH])[OH]. The van der Waals surface area contributed by atoms with E-state index in [1.807, 2.05) is 0 Å². The summed E-state index contributed by atoms with van der Waals surface area (Å²) in [4.78, 5) is 0. The molecule has 0 aliphatic rings. The molecular formula is C6H15O4V. The van der Waals surface area contributed by atoms with Crippen molar-refractivity contribution in [2.45, 2.75) is 32.6 Å². The summed E-state index contributed by atoms with van der Waals surface area (Å²) >= 11 is -4.77. The van der Waals surface area contributed by atoms with Crippen LogP contribution in [-0.2, 0) is 22.4 Å². The molecule has 0 amide bonds. The van der Waals surface area contributed by atoms with Crippen LogP contribution in [-0.4, -0.2) is 14.7 Å². The molecule has 0 atom stereocenters. The van der Waals surface area contributed by atoms with Crippen molar-refractivity contribution in [1.29, 1.82) is 0 Å². The monoisotopic (exact) mass is 202 g/mol. The molecule has 0 heterocycles. The fourth-order valence-corrected chi connectivity index (χ4v) is 1.29. The molecule has 0 aliphatic carbocycles. The average molecular weight is 202 g/mol. The van der Waals surface area contributed by atoms with E-state index in [9.17, 15) is 3.67 Å². The molecule has 5 heteroatoms. The Labute approximate surface area is 70.1 Å². The molecule has 0 aromatic heterocycles. The number of hydrogen-bond acceptors (Lipinski definition) is 2. The van der Waals surface area contributed by atoms with E-state index in [1.54, 1.807) is 0 Å². The molecule has 68 valence electrons. The van der Waals surface area contributed by atoms with Crippen molar-refractivity contribution in [3.63, 3.8) is 0 Å². The molecular weight excluding hydrogens is 187 g/mol. The van der Waals surface area contributed by atoms with Crippen molar-refractivity contribution >= 4 is 0 Å². The zero-order chi connectivity index (χ0) is 8.74. The van der Waals surface area contributed by atoms with E-state index in [4.69, 9.17) is 8.06 Å². The molecule has 0 aromatic rings. The van der Waals surface area contributed by atoms with Crippen LogP contribution >= 0.6 is 0 Å². The molecule has 0 saturated carbocycles. The number of unbranched alkanes of at least 4 members (excludes halogenated alkanes) is 3. The predicted octanol–water partition coefficient (Wildman–Crippen LogP) is 0.812. The fraction of sp³-hybridized carbons (Fsp3) is 1.00. The molecule has 0 aromatic carbocycles. The average Bonchev–Trinajstić information content (AvgIpc) is 1.85. The van der Waals surface area contributed by atoms with E-state index >= 15 is 0 Å². The molecule has 0 spiro atoms. The first-order valence-electron chi connectivity index (χ1n) is 3.76. The number of hydrogen-bond donors (Lipinski definition) is 2. The molecule has 0 bridgehead atoms. The molecule has 2 N–H and O–H groups in total. The third-order valence-electron chi connectivity index (χ3n) is 1.26. The summed E-state index contributed by atoms with van der Waals surface area (Å²) in [5.74, 6) is 0. The summed E-state index contributed by atoms with van der Waals surface area (Å²) in [5.41, 5.74) is 0. The zero-order valence-electron chi connectivity index (χ0n) is 6.69. The summed E-state index contributed by atoms with van der Waals surface area (Å²) < 4.78 is 31.1. The minimum atomic E-state index is -4.77. The van der Waals surface area contributed by atoms with Gasteiger partial charge in [0.25, 0.3) is 0 Å². The van der Waals surface area contributed by atoms with Crippen LogP contribution in [0.15, 0.2) is 0 Å². The van der Waals surface area contributed by atoms with Gasteiger partial charge in [0, 0.05) is 0 Å². The van der Waals surface area contributed by atoms with Crippen molar-refractivity contribution in [2.75, 3.05) is 6.61 Å². The van der Waals surface area contributed by atoms with Gasteiger partial charge in [0.1, 0.15) is 0 Å². The Morgan fingerprint density at radius 2 is 1.91 bits per heavy atom. The second kappa shape index (κ2) is 5.86. The first-order valence-corrected chi connectivity index (χ1v) is 6.15. The molecule has 4 nitrogen and oxygen atoms in total. The van der Waals surface area contributed by atoms with Gasteiger partial charge in [-0.1, -0.05) is 0 Å². The third kappa shape index (κ3) is 10.3. The fourth-order valence-electron chi connectivity index (χ4n) is 0.712. The van der Waals surface area contributed by atoms with Gasteiger partial charge in [-0.2, -0.15) is 0 Å². The van der Waals surface area contributed by atoms with Gasteiger partial charge in [-0.3, -0.25) is 0 Å². The van der Waals surface area contributed by atoms with Gasteiger partial charge in [-0.25, -0.2) is 0 Å². The van der Waals surface area contributed by atoms with Crippen molar-refractivity contribution < 1.29 is 30.4 Å². The van der Waals surface area contributed by atoms with Gasteiger partial charge < -0.3 is 0 Å². The quantitative estimate of drug-likeness (QED) is 0.625. The molecule has 0 rings (SSSR count). The molecule has 0 radical (unpaired) electrons. The second-order valence-electron chi connectivity index (χ2n) is 2.38. The van der Waals surface area contributed by atoms with Gasteiger partial charge in [0.05, 0.1) is 0 Å². The van der Waals surface area contributed by atoms with Crippen molar-refractivity contribution in [3.8, 4) is 0 Å². The summed E-state index contributed by atoms with van der Waals surface area (Å²) in [6.45, 7) is 2.26. The summed E-state index contributed by atoms with van der Waals surface area (Å²) in [6, 6.07) is 0. The van der Waals surface area contributed by atoms with E-state index in [-0.39, 0.29) is 6.61 Å². The van der Waals surface area contributed by atoms with Crippen LogP contribution in [0.1, 0.15) is 32.6 Å². The van der Waals surface area contributed by atoms with Gasteiger partial charge >= 0.3 is 69.6 Å². The van der Waals surface area contributed by atoms with Crippen molar-refractivity contribution in [1.82, 2.24) is 0 Å². The maximum atomic E-state index is 10.2. The minimum absolute atomic E-state index is 0.184. The Bertz CT molecular complexity index is 131. The summed E-state index contributed by atoms with van der Waals surface area (Å²) in [5, 5.41) is 0. The van der Waals surface area contributed by atoms with E-state index < -0.39 is 15.0 Å². The molecule has 0 aliphatic heterocycles. The van der Waals surface area contributed by atoms with E-state index in [0.29, 0.717) is 0 Å². The Balaban J connectivity index is 3.09. The van der Waals surface area contributed by atoms with Gasteiger partial charge in [0.15, 0.2) is 0 Å². The predicted molar refractivity (Wildman–Crippen MR) is 35.2 cm³/mol. The van der Waals surface area contributed by atoms with Crippen molar-refractivity contribution in [3.05, 3.63) is 0 Å². The Kier molecular flexibility index (Phi) is 6.00. The van der Waals surface area contributed by atoms with E-state index in [1.165, 1.54) is 0 Å².